The van der Waals surface area contributed by atoms with Crippen molar-refractivity contribution in [1.29, 1.82) is 0 Å². The molecule has 0 saturated carbocycles. The van der Waals surface area contributed by atoms with Crippen LogP contribution in [0.25, 0.3) is 0 Å². The van der Waals surface area contributed by atoms with Crippen molar-refractivity contribution in [3.63, 3.8) is 0 Å². The Bertz CT molecular complexity index is 472. The van der Waals surface area contributed by atoms with Crippen molar-refractivity contribution in [2.45, 2.75) is 19.9 Å². The van der Waals surface area contributed by atoms with E-state index in [-0.39, 0.29) is 5.91 Å². The molecule has 1 fully saturated rings. The van der Waals surface area contributed by atoms with E-state index >= 15 is 0 Å². The molecule has 0 radical (unpaired) electrons. The van der Waals surface area contributed by atoms with Gasteiger partial charge in [0, 0.05) is 57.3 Å². The Labute approximate surface area is 132 Å². The highest BCUT2D eigenvalue weighted by Crippen LogP contribution is 2.17. The zero-order valence-electron chi connectivity index (χ0n) is 12.8. The molecule has 0 aromatic heterocycles. The number of hydrogen-bond donors (Lipinski definition) is 1. The lowest BCUT2D eigenvalue weighted by molar-refractivity contribution is -0.130. The number of nitrogens with zero attached hydrogens (tertiary/aromatic N) is 2. The Morgan fingerprint density at radius 3 is 2.67 bits per heavy atom. The fourth-order valence-electron chi connectivity index (χ4n) is 2.62. The zero-order chi connectivity index (χ0) is 15.2. The normalized spacial score (nSPS) is 17.8. The molecule has 0 aliphatic carbocycles. The molecule has 1 saturated heterocycles. The topological polar surface area (TPSA) is 35.6 Å². The van der Waals surface area contributed by atoms with Crippen LogP contribution in [-0.2, 0) is 4.79 Å². The third-order valence-electron chi connectivity index (χ3n) is 4.04. The Morgan fingerprint density at radius 2 is 2.05 bits per heavy atom. The molecule has 1 amide bonds. The molecule has 116 valence electrons. The molecule has 0 spiro atoms. The van der Waals surface area contributed by atoms with E-state index in [1.165, 1.54) is 5.56 Å². The van der Waals surface area contributed by atoms with Crippen molar-refractivity contribution in [2.75, 3.05) is 39.3 Å². The van der Waals surface area contributed by atoms with Crippen molar-refractivity contribution >= 4 is 17.5 Å². The van der Waals surface area contributed by atoms with E-state index in [1.54, 1.807) is 6.92 Å². The van der Waals surface area contributed by atoms with Gasteiger partial charge in [-0.3, -0.25) is 9.69 Å². The van der Waals surface area contributed by atoms with Gasteiger partial charge in [-0.1, -0.05) is 23.7 Å². The molecule has 1 heterocycles. The van der Waals surface area contributed by atoms with Crippen LogP contribution in [0.15, 0.2) is 24.3 Å². The van der Waals surface area contributed by atoms with Gasteiger partial charge in [-0.05, 0) is 24.6 Å². The maximum atomic E-state index is 11.3. The van der Waals surface area contributed by atoms with Crippen LogP contribution in [0, 0.1) is 0 Å². The first kappa shape index (κ1) is 16.3. The number of piperazine rings is 1. The molecule has 1 atom stereocenters. The summed E-state index contributed by atoms with van der Waals surface area (Å²) in [5, 5.41) is 4.31. The number of rotatable bonds is 5. The number of hydrogen-bond acceptors (Lipinski definition) is 3. The first-order valence-corrected chi connectivity index (χ1v) is 7.91. The van der Waals surface area contributed by atoms with Crippen molar-refractivity contribution in [1.82, 2.24) is 15.1 Å². The van der Waals surface area contributed by atoms with Crippen LogP contribution >= 0.6 is 11.6 Å². The summed E-state index contributed by atoms with van der Waals surface area (Å²) >= 11 is 6.02. The molecule has 1 aromatic carbocycles. The number of halogens is 1. The van der Waals surface area contributed by atoms with E-state index in [0.29, 0.717) is 6.04 Å². The van der Waals surface area contributed by atoms with Crippen LogP contribution in [0.1, 0.15) is 25.5 Å². The van der Waals surface area contributed by atoms with Gasteiger partial charge in [-0.25, -0.2) is 0 Å². The Hall–Kier alpha value is -1.10. The molecular formula is C16H24ClN3O. The molecule has 1 unspecified atom stereocenters. The van der Waals surface area contributed by atoms with Gasteiger partial charge in [-0.15, -0.1) is 0 Å². The van der Waals surface area contributed by atoms with Gasteiger partial charge in [0.15, 0.2) is 0 Å². The fraction of sp³-hybridized carbons (Fsp3) is 0.562. The second-order valence-electron chi connectivity index (χ2n) is 5.58. The minimum Gasteiger partial charge on any atom is -0.340 e. The van der Waals surface area contributed by atoms with Crippen molar-refractivity contribution in [3.8, 4) is 0 Å². The summed E-state index contributed by atoms with van der Waals surface area (Å²) in [5.41, 5.74) is 1.21. The predicted octanol–water partition coefficient (Wildman–Crippen LogP) is 2.15. The summed E-state index contributed by atoms with van der Waals surface area (Å²) in [6.45, 7) is 9.37. The van der Waals surface area contributed by atoms with Crippen molar-refractivity contribution in [2.24, 2.45) is 0 Å². The van der Waals surface area contributed by atoms with E-state index < -0.39 is 0 Å². The molecule has 2 rings (SSSR count). The highest BCUT2D eigenvalue weighted by Gasteiger charge is 2.18. The van der Waals surface area contributed by atoms with Gasteiger partial charge in [0.1, 0.15) is 0 Å². The number of nitrogens with one attached hydrogen (secondary N) is 1. The molecule has 21 heavy (non-hydrogen) atoms. The van der Waals surface area contributed by atoms with E-state index in [9.17, 15) is 4.79 Å². The Balaban J connectivity index is 1.69. The highest BCUT2D eigenvalue weighted by molar-refractivity contribution is 6.30. The molecule has 1 aliphatic rings. The summed E-state index contributed by atoms with van der Waals surface area (Å²) in [6, 6.07) is 8.27. The molecule has 1 aliphatic heterocycles. The Kier molecular flexibility index (Phi) is 6.03. The lowest BCUT2D eigenvalue weighted by atomic mass is 10.1. The van der Waals surface area contributed by atoms with Gasteiger partial charge in [0.25, 0.3) is 0 Å². The first-order valence-electron chi connectivity index (χ1n) is 7.53. The maximum absolute atomic E-state index is 11.3. The number of amides is 1. The standard InChI is InChI=1S/C16H24ClN3O/c1-13(15-4-3-5-16(17)12-15)18-6-7-19-8-10-20(11-9-19)14(2)21/h3-5,12-13,18H,6-11H2,1-2H3. The number of carbonyl (C=O) groups excluding carboxylic acids is 1. The van der Waals surface area contributed by atoms with Gasteiger partial charge in [0.2, 0.25) is 5.91 Å². The molecule has 0 bridgehead atoms. The van der Waals surface area contributed by atoms with Gasteiger partial charge in [-0.2, -0.15) is 0 Å². The van der Waals surface area contributed by atoms with Crippen molar-refractivity contribution < 1.29 is 4.79 Å². The Morgan fingerprint density at radius 1 is 1.33 bits per heavy atom. The van der Waals surface area contributed by atoms with Gasteiger partial charge >= 0.3 is 0 Å². The second kappa shape index (κ2) is 7.78. The third-order valence-corrected chi connectivity index (χ3v) is 4.28. The average molecular weight is 310 g/mol. The molecule has 4 nitrogen and oxygen atoms in total. The van der Waals surface area contributed by atoms with Gasteiger partial charge < -0.3 is 10.2 Å². The highest BCUT2D eigenvalue weighted by atomic mass is 35.5. The summed E-state index contributed by atoms with van der Waals surface area (Å²) in [4.78, 5) is 15.6. The molecule has 1 aromatic rings. The number of carbonyl (C=O) groups is 1. The van der Waals surface area contributed by atoms with Crippen LogP contribution in [0.2, 0.25) is 5.02 Å². The molecule has 5 heteroatoms. The summed E-state index contributed by atoms with van der Waals surface area (Å²) in [5.74, 6) is 0.183. The van der Waals surface area contributed by atoms with Crippen LogP contribution in [0.5, 0.6) is 0 Å². The third kappa shape index (κ3) is 4.99. The van der Waals surface area contributed by atoms with E-state index in [2.05, 4.69) is 23.2 Å². The van der Waals surface area contributed by atoms with Crippen molar-refractivity contribution in [3.05, 3.63) is 34.9 Å². The lowest BCUT2D eigenvalue weighted by Crippen LogP contribution is -2.49. The smallest absolute Gasteiger partial charge is 0.219 e. The monoisotopic (exact) mass is 309 g/mol. The minimum absolute atomic E-state index is 0.183. The quantitative estimate of drug-likeness (QED) is 0.905. The molecular weight excluding hydrogens is 286 g/mol. The SMILES string of the molecule is CC(=O)N1CCN(CCNC(C)c2cccc(Cl)c2)CC1. The summed E-state index contributed by atoms with van der Waals surface area (Å²) in [6.07, 6.45) is 0. The minimum atomic E-state index is 0.183. The zero-order valence-corrected chi connectivity index (χ0v) is 13.6. The van der Waals surface area contributed by atoms with Crippen LogP contribution < -0.4 is 5.32 Å². The second-order valence-corrected chi connectivity index (χ2v) is 6.01. The van der Waals surface area contributed by atoms with Gasteiger partial charge in [0.05, 0.1) is 0 Å². The van der Waals surface area contributed by atoms with Crippen LogP contribution in [-0.4, -0.2) is 55.0 Å². The van der Waals surface area contributed by atoms with E-state index in [0.717, 1.165) is 44.3 Å². The van der Waals surface area contributed by atoms with E-state index in [1.807, 2.05) is 23.1 Å². The fourth-order valence-corrected chi connectivity index (χ4v) is 2.82. The largest absolute Gasteiger partial charge is 0.340 e. The maximum Gasteiger partial charge on any atom is 0.219 e. The summed E-state index contributed by atoms with van der Waals surface area (Å²) in [7, 11) is 0. The summed E-state index contributed by atoms with van der Waals surface area (Å²) < 4.78 is 0. The number of benzene rings is 1. The first-order chi connectivity index (χ1) is 10.1. The van der Waals surface area contributed by atoms with Crippen LogP contribution in [0.3, 0.4) is 0 Å². The lowest BCUT2D eigenvalue weighted by Gasteiger charge is -2.34. The average Bonchev–Trinajstić information content (AvgIpc) is 2.47. The van der Waals surface area contributed by atoms with Crippen LogP contribution in [0.4, 0.5) is 0 Å². The van der Waals surface area contributed by atoms with E-state index in [4.69, 9.17) is 11.6 Å². The predicted molar refractivity (Wildman–Crippen MR) is 86.6 cm³/mol. The molecule has 1 N–H and O–H groups in total.